The Kier molecular flexibility index (Phi) is 13.4. The van der Waals surface area contributed by atoms with Gasteiger partial charge in [-0.15, -0.1) is 0 Å². The van der Waals surface area contributed by atoms with Crippen LogP contribution >= 0.6 is 0 Å². The number of benzene rings is 1. The lowest BCUT2D eigenvalue weighted by Gasteiger charge is -2.24. The Bertz CT molecular complexity index is 1060. The summed E-state index contributed by atoms with van der Waals surface area (Å²) < 4.78 is 0. The smallest absolute Gasteiger partial charge is 0.326 e. The zero-order valence-corrected chi connectivity index (χ0v) is 21.0. The van der Waals surface area contributed by atoms with Crippen molar-refractivity contribution in [2.24, 2.45) is 27.9 Å². The van der Waals surface area contributed by atoms with Gasteiger partial charge in [-0.1, -0.05) is 30.3 Å². The molecule has 0 aliphatic carbocycles. The molecule has 0 bridgehead atoms. The van der Waals surface area contributed by atoms with Gasteiger partial charge < -0.3 is 49.1 Å². The van der Waals surface area contributed by atoms with E-state index in [9.17, 15) is 39.0 Å². The van der Waals surface area contributed by atoms with E-state index < -0.39 is 72.6 Å². The van der Waals surface area contributed by atoms with Gasteiger partial charge in [0.15, 0.2) is 5.96 Å². The Morgan fingerprint density at radius 1 is 0.795 bits per heavy atom. The number of aliphatic imine (C=N–C) groups is 1. The first-order valence-corrected chi connectivity index (χ1v) is 11.8. The number of guanidine groups is 1. The lowest BCUT2D eigenvalue weighted by molar-refractivity contribution is -0.144. The molecule has 1 rings (SSSR count). The first-order valence-electron chi connectivity index (χ1n) is 11.8. The Balaban J connectivity index is 3.04. The zero-order chi connectivity index (χ0) is 29.5. The molecule has 0 spiro atoms. The topological polar surface area (TPSA) is 295 Å². The minimum absolute atomic E-state index is 0.0206. The van der Waals surface area contributed by atoms with Crippen LogP contribution in [-0.4, -0.2) is 82.5 Å². The molecule has 0 aromatic heterocycles. The van der Waals surface area contributed by atoms with Crippen molar-refractivity contribution in [3.05, 3.63) is 35.9 Å². The van der Waals surface area contributed by atoms with Crippen molar-refractivity contribution in [3.63, 3.8) is 0 Å². The van der Waals surface area contributed by atoms with Gasteiger partial charge in [0.05, 0.1) is 18.9 Å². The van der Waals surface area contributed by atoms with Crippen molar-refractivity contribution in [2.45, 2.75) is 56.3 Å². The fourth-order valence-corrected chi connectivity index (χ4v) is 3.34. The normalized spacial score (nSPS) is 13.6. The largest absolute Gasteiger partial charge is 0.481 e. The van der Waals surface area contributed by atoms with Gasteiger partial charge in [0.25, 0.3) is 0 Å². The molecular weight excluding hydrogens is 516 g/mol. The van der Waals surface area contributed by atoms with Crippen LogP contribution in [0.4, 0.5) is 0 Å². The number of nitrogens with one attached hydrogen (secondary N) is 3. The second-order valence-electron chi connectivity index (χ2n) is 8.54. The minimum Gasteiger partial charge on any atom is -0.481 e. The summed E-state index contributed by atoms with van der Waals surface area (Å²) in [5, 5.41) is 25.1. The summed E-state index contributed by atoms with van der Waals surface area (Å²) in [6, 6.07) is 3.05. The quantitative estimate of drug-likeness (QED) is 0.0520. The Morgan fingerprint density at radius 2 is 1.36 bits per heavy atom. The van der Waals surface area contributed by atoms with Crippen LogP contribution in [0.25, 0.3) is 0 Å². The number of hydrogen-bond donors (Lipinski definition) is 9. The first-order chi connectivity index (χ1) is 18.3. The van der Waals surface area contributed by atoms with E-state index in [4.69, 9.17) is 22.9 Å². The van der Waals surface area contributed by atoms with Crippen molar-refractivity contribution in [3.8, 4) is 0 Å². The molecule has 0 radical (unpaired) electrons. The number of carboxylic acids is 2. The SMILES string of the molecule is NC(=O)CC(NC(=O)C(CC(=O)O)NC(=O)C(CCCN=C(N)N)NC(=O)C(N)Cc1ccccc1)C(=O)O. The fraction of sp³-hybridized carbons (Fsp3) is 0.435. The van der Waals surface area contributed by atoms with E-state index in [0.717, 1.165) is 5.56 Å². The number of aliphatic carboxylic acids is 2. The minimum atomic E-state index is -1.76. The number of carbonyl (C=O) groups excluding carboxylic acids is 4. The Morgan fingerprint density at radius 3 is 1.90 bits per heavy atom. The molecule has 0 aliphatic rings. The first kappa shape index (κ1) is 32.3. The molecule has 16 nitrogen and oxygen atoms in total. The van der Waals surface area contributed by atoms with Gasteiger partial charge in [0.1, 0.15) is 18.1 Å². The molecule has 0 heterocycles. The van der Waals surface area contributed by atoms with Gasteiger partial charge in [0, 0.05) is 6.54 Å². The molecule has 39 heavy (non-hydrogen) atoms. The summed E-state index contributed by atoms with van der Waals surface area (Å²) in [5.74, 6) is -7.12. The van der Waals surface area contributed by atoms with E-state index >= 15 is 0 Å². The van der Waals surface area contributed by atoms with Crippen LogP contribution < -0.4 is 38.9 Å². The predicted molar refractivity (Wildman–Crippen MR) is 138 cm³/mol. The number of nitrogens with zero attached hydrogens (tertiary/aromatic N) is 1. The molecule has 1 aromatic carbocycles. The number of nitrogens with two attached hydrogens (primary N) is 4. The third-order valence-corrected chi connectivity index (χ3v) is 5.25. The van der Waals surface area contributed by atoms with Crippen LogP contribution in [0.2, 0.25) is 0 Å². The summed E-state index contributed by atoms with van der Waals surface area (Å²) in [6.07, 6.45) is -1.34. The zero-order valence-electron chi connectivity index (χ0n) is 21.0. The second kappa shape index (κ2) is 16.2. The predicted octanol–water partition coefficient (Wildman–Crippen LogP) is -3.50. The van der Waals surface area contributed by atoms with Gasteiger partial charge in [-0.2, -0.15) is 0 Å². The number of carbonyl (C=O) groups is 6. The molecule has 13 N–H and O–H groups in total. The van der Waals surface area contributed by atoms with Crippen LogP contribution in [-0.2, 0) is 35.2 Å². The fourth-order valence-electron chi connectivity index (χ4n) is 3.34. The highest BCUT2D eigenvalue weighted by Gasteiger charge is 2.32. The number of primary amides is 1. The van der Waals surface area contributed by atoms with E-state index in [-0.39, 0.29) is 31.8 Å². The molecule has 4 amide bonds. The second-order valence-corrected chi connectivity index (χ2v) is 8.54. The van der Waals surface area contributed by atoms with Gasteiger partial charge in [0.2, 0.25) is 23.6 Å². The van der Waals surface area contributed by atoms with Crippen molar-refractivity contribution < 1.29 is 39.0 Å². The summed E-state index contributed by atoms with van der Waals surface area (Å²) in [7, 11) is 0. The highest BCUT2D eigenvalue weighted by atomic mass is 16.4. The van der Waals surface area contributed by atoms with E-state index in [1.807, 2.05) is 5.32 Å². The maximum absolute atomic E-state index is 13.1. The molecule has 0 saturated heterocycles. The molecule has 4 atom stereocenters. The number of hydrogen-bond acceptors (Lipinski definition) is 8. The van der Waals surface area contributed by atoms with E-state index in [0.29, 0.717) is 0 Å². The standard InChI is InChI=1S/C23H34N8O8/c24-13(9-12-5-2-1-3-6-12)19(35)29-14(7-4-8-28-23(26)27)20(36)30-15(11-18(33)34)21(37)31-16(22(38)39)10-17(25)32/h1-3,5-6,13-16H,4,7-11,24H2,(H2,25,32)(H,29,35)(H,30,36)(H,31,37)(H,33,34)(H,38,39)(H4,26,27,28). The van der Waals surface area contributed by atoms with Crippen molar-refractivity contribution in [1.29, 1.82) is 0 Å². The molecular formula is C23H34N8O8. The summed E-state index contributed by atoms with van der Waals surface area (Å²) in [6.45, 7) is 0.102. The highest BCUT2D eigenvalue weighted by Crippen LogP contribution is 2.06. The third kappa shape index (κ3) is 12.9. The summed E-state index contributed by atoms with van der Waals surface area (Å²) >= 11 is 0. The van der Waals surface area contributed by atoms with E-state index in [1.165, 1.54) is 0 Å². The maximum atomic E-state index is 13.1. The lowest BCUT2D eigenvalue weighted by Crippen LogP contribution is -2.57. The van der Waals surface area contributed by atoms with Gasteiger partial charge in [-0.25, -0.2) is 4.79 Å². The molecule has 214 valence electrons. The van der Waals surface area contributed by atoms with E-state index in [2.05, 4.69) is 15.6 Å². The molecule has 0 aliphatic heterocycles. The van der Waals surface area contributed by atoms with Crippen LogP contribution in [0.5, 0.6) is 0 Å². The van der Waals surface area contributed by atoms with Crippen molar-refractivity contribution >= 4 is 41.5 Å². The summed E-state index contributed by atoms with van der Waals surface area (Å²) in [5.41, 5.74) is 22.3. The van der Waals surface area contributed by atoms with Gasteiger partial charge in [-0.05, 0) is 24.8 Å². The van der Waals surface area contributed by atoms with Gasteiger partial charge in [-0.3, -0.25) is 29.0 Å². The number of amides is 4. The van der Waals surface area contributed by atoms with Crippen molar-refractivity contribution in [1.82, 2.24) is 16.0 Å². The van der Waals surface area contributed by atoms with Crippen LogP contribution in [0.1, 0.15) is 31.2 Å². The average Bonchev–Trinajstić information content (AvgIpc) is 2.84. The molecule has 0 saturated carbocycles. The monoisotopic (exact) mass is 550 g/mol. The maximum Gasteiger partial charge on any atom is 0.326 e. The van der Waals surface area contributed by atoms with Crippen LogP contribution in [0.3, 0.4) is 0 Å². The molecule has 1 aromatic rings. The van der Waals surface area contributed by atoms with Crippen LogP contribution in [0, 0.1) is 0 Å². The Hall–Kier alpha value is -4.73. The Labute approximate surface area is 223 Å². The number of carboxylic acid groups (broad SMARTS) is 2. The van der Waals surface area contributed by atoms with Crippen LogP contribution in [0.15, 0.2) is 35.3 Å². The van der Waals surface area contributed by atoms with Crippen molar-refractivity contribution in [2.75, 3.05) is 6.54 Å². The summed E-state index contributed by atoms with van der Waals surface area (Å²) in [4.78, 5) is 76.1. The number of rotatable bonds is 17. The molecule has 4 unspecified atom stereocenters. The van der Waals surface area contributed by atoms with E-state index in [1.54, 1.807) is 30.3 Å². The lowest BCUT2D eigenvalue weighted by atomic mass is 10.0. The third-order valence-electron chi connectivity index (χ3n) is 5.25. The molecule has 16 heteroatoms. The molecule has 0 fully saturated rings. The van der Waals surface area contributed by atoms with Gasteiger partial charge >= 0.3 is 11.9 Å². The average molecular weight is 551 g/mol. The highest BCUT2D eigenvalue weighted by molar-refractivity contribution is 5.96.